The molecule has 2 fully saturated rings. The number of halogens is 5. The number of rotatable bonds is 1. The van der Waals surface area contributed by atoms with E-state index in [9.17, 15) is 26.7 Å². The highest BCUT2D eigenvalue weighted by atomic mass is 19.4. The van der Waals surface area contributed by atoms with Crippen molar-refractivity contribution in [2.45, 2.75) is 70.4 Å². The number of carbonyl (C=O) groups is 1. The Balaban J connectivity index is 1.86. The van der Waals surface area contributed by atoms with Crippen LogP contribution in [-0.2, 0) is 4.79 Å². The second kappa shape index (κ2) is 5.65. The normalized spacial score (nSPS) is 37.8. The molecule has 0 aromatic heterocycles. The van der Waals surface area contributed by atoms with Gasteiger partial charge in [0.15, 0.2) is 5.78 Å². The maximum atomic E-state index is 14.6. The lowest BCUT2D eigenvalue weighted by molar-refractivity contribution is -0.310. The highest BCUT2D eigenvalue weighted by Crippen LogP contribution is 2.64. The minimum atomic E-state index is -5.56. The summed E-state index contributed by atoms with van der Waals surface area (Å²) < 4.78 is 68.9. The van der Waals surface area contributed by atoms with Crippen molar-refractivity contribution >= 4 is 5.78 Å². The molecule has 4 rings (SSSR count). The smallest absolute Gasteiger partial charge is 0.295 e. The lowest BCUT2D eigenvalue weighted by Crippen LogP contribution is -2.52. The molecule has 2 saturated carbocycles. The van der Waals surface area contributed by atoms with Crippen LogP contribution >= 0.6 is 0 Å². The highest BCUT2D eigenvalue weighted by molar-refractivity contribution is 5.93. The van der Waals surface area contributed by atoms with Crippen LogP contribution in [0.15, 0.2) is 22.8 Å². The summed E-state index contributed by atoms with van der Waals surface area (Å²) in [7, 11) is 0. The summed E-state index contributed by atoms with van der Waals surface area (Å²) in [5.41, 5.74) is 2.01. The van der Waals surface area contributed by atoms with E-state index in [0.29, 0.717) is 24.8 Å². The summed E-state index contributed by atoms with van der Waals surface area (Å²) in [4.78, 5) is 11.8. The first-order valence-corrected chi connectivity index (χ1v) is 9.45. The van der Waals surface area contributed by atoms with Crippen molar-refractivity contribution in [2.24, 2.45) is 23.2 Å². The summed E-state index contributed by atoms with van der Waals surface area (Å²) in [6.45, 7) is 2.06. The third kappa shape index (κ3) is 2.50. The number of fused-ring (bicyclic) bond motifs is 4. The molecule has 0 aromatic rings. The van der Waals surface area contributed by atoms with E-state index in [2.05, 4.69) is 6.92 Å². The van der Waals surface area contributed by atoms with Crippen LogP contribution in [-0.4, -0.2) is 17.9 Å². The van der Waals surface area contributed by atoms with Crippen LogP contribution in [0.25, 0.3) is 0 Å². The minimum Gasteiger partial charge on any atom is -0.295 e. The molecule has 1 nitrogen and oxygen atoms in total. The third-order valence-electron chi connectivity index (χ3n) is 7.41. The molecule has 1 unspecified atom stereocenters. The zero-order chi connectivity index (χ0) is 18.9. The maximum Gasteiger partial charge on any atom is 0.453 e. The van der Waals surface area contributed by atoms with Gasteiger partial charge in [-0.15, -0.1) is 0 Å². The van der Waals surface area contributed by atoms with Crippen molar-refractivity contribution in [3.8, 4) is 0 Å². The quantitative estimate of drug-likeness (QED) is 0.514. The Morgan fingerprint density at radius 1 is 1.08 bits per heavy atom. The second-order valence-corrected chi connectivity index (χ2v) is 8.75. The molecule has 0 N–H and O–H groups in total. The molecule has 144 valence electrons. The average molecular weight is 374 g/mol. The fraction of sp³-hybridized carbons (Fsp3) is 0.750. The van der Waals surface area contributed by atoms with Gasteiger partial charge in [-0.1, -0.05) is 18.9 Å². The standard InChI is InChI=1S/C20H23F5O/c1-18-7-2-3-15(18)17-14(6-8-18)13-5-4-12(26)9-11(13)10-16(17)19(21,22)20(23,24)25/h9,15-17H,2-8,10H2,1H3/t15-,16?,17+,18-/m0/s1. The Morgan fingerprint density at radius 3 is 2.50 bits per heavy atom. The molecule has 0 aliphatic heterocycles. The van der Waals surface area contributed by atoms with Gasteiger partial charge < -0.3 is 0 Å². The number of alkyl halides is 5. The second-order valence-electron chi connectivity index (χ2n) is 8.75. The fourth-order valence-electron chi connectivity index (χ4n) is 6.13. The largest absolute Gasteiger partial charge is 0.453 e. The number of hydrogen-bond donors (Lipinski definition) is 0. The van der Waals surface area contributed by atoms with Gasteiger partial charge in [-0.25, -0.2) is 0 Å². The predicted molar refractivity (Wildman–Crippen MR) is 86.6 cm³/mol. The van der Waals surface area contributed by atoms with Crippen molar-refractivity contribution in [1.82, 2.24) is 0 Å². The van der Waals surface area contributed by atoms with Crippen LogP contribution in [0.4, 0.5) is 22.0 Å². The maximum absolute atomic E-state index is 14.6. The van der Waals surface area contributed by atoms with Gasteiger partial charge in [0, 0.05) is 12.3 Å². The van der Waals surface area contributed by atoms with Gasteiger partial charge in [-0.3, -0.25) is 4.79 Å². The van der Waals surface area contributed by atoms with E-state index in [4.69, 9.17) is 0 Å². The SMILES string of the molecule is C[C@@]12CCC[C@H]1[C@H]1C(=C3CCC(=O)C=C3CC1C(F)(F)C(F)(F)F)CC2. The molecular formula is C20H23F5O. The van der Waals surface area contributed by atoms with Gasteiger partial charge in [0.2, 0.25) is 0 Å². The van der Waals surface area contributed by atoms with Gasteiger partial charge in [-0.2, -0.15) is 22.0 Å². The first-order chi connectivity index (χ1) is 12.0. The van der Waals surface area contributed by atoms with E-state index < -0.39 is 23.9 Å². The first-order valence-electron chi connectivity index (χ1n) is 9.45. The minimum absolute atomic E-state index is 0.115. The average Bonchev–Trinajstić information content (AvgIpc) is 2.94. The highest BCUT2D eigenvalue weighted by Gasteiger charge is 2.67. The summed E-state index contributed by atoms with van der Waals surface area (Å²) in [5.74, 6) is -7.53. The van der Waals surface area contributed by atoms with E-state index in [0.717, 1.165) is 36.8 Å². The van der Waals surface area contributed by atoms with Crippen molar-refractivity contribution in [3.63, 3.8) is 0 Å². The van der Waals surface area contributed by atoms with Crippen LogP contribution in [0.2, 0.25) is 0 Å². The van der Waals surface area contributed by atoms with Gasteiger partial charge in [-0.05, 0) is 73.0 Å². The predicted octanol–water partition coefficient (Wildman–Crippen LogP) is 6.01. The van der Waals surface area contributed by atoms with Gasteiger partial charge in [0.1, 0.15) is 0 Å². The summed E-state index contributed by atoms with van der Waals surface area (Å²) >= 11 is 0. The summed E-state index contributed by atoms with van der Waals surface area (Å²) in [5, 5.41) is 0. The van der Waals surface area contributed by atoms with Crippen LogP contribution in [0.1, 0.15) is 58.3 Å². The van der Waals surface area contributed by atoms with Gasteiger partial charge >= 0.3 is 12.1 Å². The monoisotopic (exact) mass is 374 g/mol. The van der Waals surface area contributed by atoms with Crippen molar-refractivity contribution < 1.29 is 26.7 Å². The van der Waals surface area contributed by atoms with E-state index >= 15 is 0 Å². The lowest BCUT2D eigenvalue weighted by atomic mass is 9.54. The molecule has 4 atom stereocenters. The lowest BCUT2D eigenvalue weighted by Gasteiger charge is -2.52. The van der Waals surface area contributed by atoms with Gasteiger partial charge in [0.05, 0.1) is 0 Å². The molecule has 0 radical (unpaired) electrons. The van der Waals surface area contributed by atoms with E-state index in [1.165, 1.54) is 6.08 Å². The van der Waals surface area contributed by atoms with Crippen LogP contribution < -0.4 is 0 Å². The Hall–Kier alpha value is -1.20. The third-order valence-corrected chi connectivity index (χ3v) is 7.41. The topological polar surface area (TPSA) is 17.1 Å². The van der Waals surface area contributed by atoms with E-state index in [-0.39, 0.29) is 23.5 Å². The molecular weight excluding hydrogens is 351 g/mol. The molecule has 0 amide bonds. The van der Waals surface area contributed by atoms with Gasteiger partial charge in [0.25, 0.3) is 0 Å². The Labute approximate surface area is 149 Å². The molecule has 4 aliphatic carbocycles. The molecule has 0 spiro atoms. The molecule has 4 aliphatic rings. The number of allylic oxidation sites excluding steroid dienone is 4. The molecule has 0 saturated heterocycles. The Morgan fingerprint density at radius 2 is 1.81 bits per heavy atom. The number of carbonyl (C=O) groups excluding carboxylic acids is 1. The molecule has 0 aromatic carbocycles. The van der Waals surface area contributed by atoms with E-state index in [1.807, 2.05) is 0 Å². The number of ketones is 1. The molecule has 0 heterocycles. The summed E-state index contributed by atoms with van der Waals surface area (Å²) in [6.07, 6.45) is 0.196. The van der Waals surface area contributed by atoms with Crippen LogP contribution in [0.3, 0.4) is 0 Å². The van der Waals surface area contributed by atoms with Crippen LogP contribution in [0, 0.1) is 23.2 Å². The Kier molecular flexibility index (Phi) is 3.95. The molecule has 0 bridgehead atoms. The molecule has 26 heavy (non-hydrogen) atoms. The zero-order valence-corrected chi connectivity index (χ0v) is 14.8. The fourth-order valence-corrected chi connectivity index (χ4v) is 6.13. The first kappa shape index (κ1) is 18.2. The Bertz CT molecular complexity index is 701. The number of hydrogen-bond acceptors (Lipinski definition) is 1. The van der Waals surface area contributed by atoms with Crippen LogP contribution in [0.5, 0.6) is 0 Å². The van der Waals surface area contributed by atoms with Crippen molar-refractivity contribution in [1.29, 1.82) is 0 Å². The van der Waals surface area contributed by atoms with Crippen molar-refractivity contribution in [3.05, 3.63) is 22.8 Å². The molecule has 6 heteroatoms. The summed E-state index contributed by atoms with van der Waals surface area (Å²) in [6, 6.07) is 0. The van der Waals surface area contributed by atoms with Crippen molar-refractivity contribution in [2.75, 3.05) is 0 Å². The zero-order valence-electron chi connectivity index (χ0n) is 14.8. The van der Waals surface area contributed by atoms with E-state index in [1.54, 1.807) is 0 Å².